The predicted octanol–water partition coefficient (Wildman–Crippen LogP) is 3.59. The van der Waals surface area contributed by atoms with Crippen LogP contribution >= 0.6 is 0 Å². The molecule has 4 aromatic rings. The molecule has 0 aliphatic rings. The highest BCUT2D eigenvalue weighted by molar-refractivity contribution is 5.89. The third-order valence-corrected chi connectivity index (χ3v) is 3.88. The van der Waals surface area contributed by atoms with Gasteiger partial charge >= 0.3 is 5.97 Å². The van der Waals surface area contributed by atoms with E-state index in [1.165, 1.54) is 0 Å². The zero-order valence-electron chi connectivity index (χ0n) is 14.6. The van der Waals surface area contributed by atoms with Crippen LogP contribution in [0.3, 0.4) is 0 Å². The summed E-state index contributed by atoms with van der Waals surface area (Å²) in [6.45, 7) is 1.58. The molecule has 0 aliphatic carbocycles. The molecule has 0 fully saturated rings. The van der Waals surface area contributed by atoms with Crippen molar-refractivity contribution < 1.29 is 13.9 Å². The first-order chi connectivity index (χ1) is 13.2. The lowest BCUT2D eigenvalue weighted by molar-refractivity contribution is 0.0426. The third kappa shape index (κ3) is 3.62. The van der Waals surface area contributed by atoms with Crippen molar-refractivity contribution in [1.29, 1.82) is 0 Å². The smallest absolute Gasteiger partial charge is 0.357 e. The Kier molecular flexibility index (Phi) is 4.49. The van der Waals surface area contributed by atoms with Crippen LogP contribution in [-0.2, 0) is 11.3 Å². The van der Waals surface area contributed by atoms with Gasteiger partial charge in [-0.05, 0) is 18.2 Å². The fourth-order valence-electron chi connectivity index (χ4n) is 2.64. The summed E-state index contributed by atoms with van der Waals surface area (Å²) in [7, 11) is 0. The fraction of sp³-hybridized carbons (Fsp3) is 0.100. The molecule has 0 N–H and O–H groups in total. The molecule has 0 amide bonds. The summed E-state index contributed by atoms with van der Waals surface area (Å²) in [6, 6.07) is 20.8. The molecule has 0 bridgehead atoms. The molecule has 0 aliphatic heterocycles. The average Bonchev–Trinajstić information content (AvgIpc) is 3.34. The molecular formula is C20H16N4O3. The molecule has 0 saturated heterocycles. The van der Waals surface area contributed by atoms with E-state index in [2.05, 4.69) is 15.3 Å². The van der Waals surface area contributed by atoms with Crippen LogP contribution in [0.5, 0.6) is 0 Å². The van der Waals surface area contributed by atoms with Gasteiger partial charge in [-0.3, -0.25) is 0 Å². The monoisotopic (exact) mass is 360 g/mol. The van der Waals surface area contributed by atoms with Gasteiger partial charge in [-0.25, -0.2) is 9.48 Å². The topological polar surface area (TPSA) is 83.0 Å². The molecule has 0 saturated carbocycles. The Balaban J connectivity index is 1.67. The highest BCUT2D eigenvalue weighted by atomic mass is 16.5. The van der Waals surface area contributed by atoms with Crippen molar-refractivity contribution in [2.45, 2.75) is 13.5 Å². The van der Waals surface area contributed by atoms with E-state index in [9.17, 15) is 4.79 Å². The van der Waals surface area contributed by atoms with Crippen LogP contribution < -0.4 is 0 Å². The van der Waals surface area contributed by atoms with Crippen LogP contribution in [-0.4, -0.2) is 25.9 Å². The lowest BCUT2D eigenvalue weighted by atomic mass is 10.1. The Hall–Kier alpha value is -3.74. The summed E-state index contributed by atoms with van der Waals surface area (Å²) < 4.78 is 12.2. The first-order valence-corrected chi connectivity index (χ1v) is 8.38. The first-order valence-electron chi connectivity index (χ1n) is 8.38. The van der Waals surface area contributed by atoms with Gasteiger partial charge in [0.25, 0.3) is 5.89 Å². The number of hydrogen-bond donors (Lipinski definition) is 0. The minimum atomic E-state index is -0.524. The van der Waals surface area contributed by atoms with Gasteiger partial charge in [0.1, 0.15) is 0 Å². The molecule has 4 rings (SSSR count). The zero-order valence-corrected chi connectivity index (χ0v) is 14.6. The van der Waals surface area contributed by atoms with E-state index >= 15 is 0 Å². The molecule has 0 radical (unpaired) electrons. The van der Waals surface area contributed by atoms with E-state index in [1.807, 2.05) is 60.7 Å². The van der Waals surface area contributed by atoms with E-state index in [0.717, 1.165) is 11.3 Å². The normalized spacial score (nSPS) is 10.7. The first kappa shape index (κ1) is 16.7. The van der Waals surface area contributed by atoms with E-state index in [4.69, 9.17) is 9.15 Å². The van der Waals surface area contributed by atoms with Gasteiger partial charge < -0.3 is 9.15 Å². The van der Waals surface area contributed by atoms with Gasteiger partial charge in [0.05, 0.1) is 11.4 Å². The van der Waals surface area contributed by atoms with Crippen molar-refractivity contribution in [3.8, 4) is 16.9 Å². The quantitative estimate of drug-likeness (QED) is 0.506. The number of nitrogens with zero attached hydrogens (tertiary/aromatic N) is 4. The number of aromatic nitrogens is 4. The summed E-state index contributed by atoms with van der Waals surface area (Å²) in [4.78, 5) is 12.7. The SMILES string of the molecule is Cc1nnc(COC(=O)c2cc(-c3ccccc3)nn2-c2ccccc2)o1. The second-order valence-corrected chi connectivity index (χ2v) is 5.82. The number of carbonyl (C=O) groups is 1. The Morgan fingerprint density at radius 2 is 1.74 bits per heavy atom. The number of esters is 1. The van der Waals surface area contributed by atoms with Crippen LogP contribution in [0.25, 0.3) is 16.9 Å². The lowest BCUT2D eigenvalue weighted by Crippen LogP contribution is -2.12. The number of rotatable bonds is 5. The molecule has 2 heterocycles. The predicted molar refractivity (Wildman–Crippen MR) is 97.2 cm³/mol. The molecule has 27 heavy (non-hydrogen) atoms. The van der Waals surface area contributed by atoms with Crippen molar-refractivity contribution in [2.75, 3.05) is 0 Å². The summed E-state index contributed by atoms with van der Waals surface area (Å²) in [5.74, 6) is 0.140. The summed E-state index contributed by atoms with van der Waals surface area (Å²) >= 11 is 0. The molecule has 2 aromatic carbocycles. The van der Waals surface area contributed by atoms with Crippen molar-refractivity contribution in [2.24, 2.45) is 0 Å². The Labute approximate surface area is 155 Å². The number of benzene rings is 2. The Morgan fingerprint density at radius 3 is 2.41 bits per heavy atom. The molecule has 0 unspecified atom stereocenters. The van der Waals surface area contributed by atoms with Gasteiger partial charge in [-0.15, -0.1) is 10.2 Å². The van der Waals surface area contributed by atoms with Crippen molar-refractivity contribution in [3.63, 3.8) is 0 Å². The summed E-state index contributed by atoms with van der Waals surface area (Å²) in [5, 5.41) is 12.1. The van der Waals surface area contributed by atoms with Gasteiger partial charge in [-0.1, -0.05) is 48.5 Å². The molecular weight excluding hydrogens is 344 g/mol. The molecule has 7 nitrogen and oxygen atoms in total. The molecule has 0 spiro atoms. The standard InChI is InChI=1S/C20H16N4O3/c1-14-21-22-19(27-14)13-26-20(25)18-12-17(15-8-4-2-5-9-15)23-24(18)16-10-6-3-7-11-16/h2-12H,13H2,1H3. The zero-order chi connectivity index (χ0) is 18.6. The van der Waals surface area contributed by atoms with E-state index < -0.39 is 5.97 Å². The number of carbonyl (C=O) groups excluding carboxylic acids is 1. The van der Waals surface area contributed by atoms with E-state index in [1.54, 1.807) is 17.7 Å². The summed E-state index contributed by atoms with van der Waals surface area (Å²) in [6.07, 6.45) is 0. The van der Waals surface area contributed by atoms with E-state index in [0.29, 0.717) is 17.3 Å². The molecule has 2 aromatic heterocycles. The highest BCUT2D eigenvalue weighted by Gasteiger charge is 2.19. The minimum absolute atomic E-state index is 0.0969. The van der Waals surface area contributed by atoms with E-state index in [-0.39, 0.29) is 12.5 Å². The summed E-state index contributed by atoms with van der Waals surface area (Å²) in [5.41, 5.74) is 2.67. The largest absolute Gasteiger partial charge is 0.451 e. The number of hydrogen-bond acceptors (Lipinski definition) is 6. The number of ether oxygens (including phenoxy) is 1. The minimum Gasteiger partial charge on any atom is -0.451 e. The average molecular weight is 360 g/mol. The Morgan fingerprint density at radius 1 is 1.04 bits per heavy atom. The van der Waals surface area contributed by atoms with Crippen LogP contribution in [0.4, 0.5) is 0 Å². The molecule has 134 valence electrons. The second-order valence-electron chi connectivity index (χ2n) is 5.82. The number of aryl methyl sites for hydroxylation is 1. The van der Waals surface area contributed by atoms with Gasteiger partial charge in [0.15, 0.2) is 12.3 Å². The maximum absolute atomic E-state index is 12.7. The van der Waals surface area contributed by atoms with Gasteiger partial charge in [0, 0.05) is 12.5 Å². The Bertz CT molecular complexity index is 1060. The van der Waals surface area contributed by atoms with Crippen molar-refractivity contribution in [1.82, 2.24) is 20.0 Å². The van der Waals surface area contributed by atoms with Crippen molar-refractivity contribution in [3.05, 3.63) is 84.2 Å². The fourth-order valence-corrected chi connectivity index (χ4v) is 2.64. The van der Waals surface area contributed by atoms with Crippen LogP contribution in [0.1, 0.15) is 22.3 Å². The number of para-hydroxylation sites is 1. The second kappa shape index (κ2) is 7.25. The maximum atomic E-state index is 12.7. The van der Waals surface area contributed by atoms with Gasteiger partial charge in [-0.2, -0.15) is 5.10 Å². The maximum Gasteiger partial charge on any atom is 0.357 e. The molecule has 7 heteroatoms. The van der Waals surface area contributed by atoms with Crippen molar-refractivity contribution >= 4 is 5.97 Å². The van der Waals surface area contributed by atoms with Crippen LogP contribution in [0.15, 0.2) is 71.1 Å². The highest BCUT2D eigenvalue weighted by Crippen LogP contribution is 2.22. The van der Waals surface area contributed by atoms with Crippen LogP contribution in [0, 0.1) is 6.92 Å². The lowest BCUT2D eigenvalue weighted by Gasteiger charge is -2.06. The third-order valence-electron chi connectivity index (χ3n) is 3.88. The molecule has 0 atom stereocenters. The van der Waals surface area contributed by atoms with Crippen LogP contribution in [0.2, 0.25) is 0 Å². The van der Waals surface area contributed by atoms with Gasteiger partial charge in [0.2, 0.25) is 5.89 Å².